The molecule has 0 heterocycles. The van der Waals surface area contributed by atoms with Gasteiger partial charge in [0.05, 0.1) is 26.2 Å². The summed E-state index contributed by atoms with van der Waals surface area (Å²) in [7, 11) is -0.712. The quantitative estimate of drug-likeness (QED) is 0.668. The monoisotopic (exact) mass is 424 g/mol. The Balaban J connectivity index is 2.07. The summed E-state index contributed by atoms with van der Waals surface area (Å²) in [6, 6.07) is 9.51. The predicted molar refractivity (Wildman–Crippen MR) is 109 cm³/mol. The van der Waals surface area contributed by atoms with E-state index in [4.69, 9.17) is 9.47 Å². The van der Waals surface area contributed by atoms with E-state index in [1.165, 1.54) is 32.2 Å². The van der Waals surface area contributed by atoms with Gasteiger partial charge in [0.1, 0.15) is 11.9 Å². The highest BCUT2D eigenvalue weighted by atomic mass is 32.2. The van der Waals surface area contributed by atoms with Crippen LogP contribution in [-0.2, 0) is 21.2 Å². The molecule has 0 fully saturated rings. The zero-order valence-corrected chi connectivity index (χ0v) is 17.6. The first-order valence-corrected chi connectivity index (χ1v) is 10.8. The number of anilines is 1. The molecule has 29 heavy (non-hydrogen) atoms. The second-order valence-electron chi connectivity index (χ2n) is 6.45. The number of hydrogen-bond donors (Lipinski definition) is 1. The zero-order valence-electron chi connectivity index (χ0n) is 16.8. The lowest BCUT2D eigenvalue weighted by Gasteiger charge is -2.28. The van der Waals surface area contributed by atoms with Gasteiger partial charge in [-0.3, -0.25) is 9.10 Å². The molecule has 1 amide bonds. The summed E-state index contributed by atoms with van der Waals surface area (Å²) in [6.07, 6.45) is 1.49. The van der Waals surface area contributed by atoms with Crippen molar-refractivity contribution < 1.29 is 27.1 Å². The molecule has 0 aliphatic carbocycles. The average Bonchev–Trinajstić information content (AvgIpc) is 2.66. The third kappa shape index (κ3) is 5.83. The Kier molecular flexibility index (Phi) is 7.44. The van der Waals surface area contributed by atoms with E-state index in [0.717, 1.165) is 22.2 Å². The van der Waals surface area contributed by atoms with Crippen molar-refractivity contribution in [1.82, 2.24) is 5.32 Å². The van der Waals surface area contributed by atoms with Crippen LogP contribution < -0.4 is 19.1 Å². The van der Waals surface area contributed by atoms with E-state index in [1.54, 1.807) is 13.2 Å². The summed E-state index contributed by atoms with van der Waals surface area (Å²) in [4.78, 5) is 12.5. The molecule has 0 bridgehead atoms. The van der Waals surface area contributed by atoms with E-state index in [1.807, 2.05) is 12.1 Å². The Labute approximate surface area is 170 Å². The molecule has 0 saturated heterocycles. The molecule has 2 rings (SSSR count). The van der Waals surface area contributed by atoms with E-state index in [0.29, 0.717) is 24.5 Å². The summed E-state index contributed by atoms with van der Waals surface area (Å²) >= 11 is 0. The third-order valence-corrected chi connectivity index (χ3v) is 5.55. The standard InChI is InChI=1S/C20H25FN2O5S/c1-14(23(29(4,25)26)17-7-5-6-16(21)13-17)20(24)22-11-10-15-8-9-18(27-2)19(12-15)28-3/h5-9,12-14H,10-11H2,1-4H3,(H,22,24)/t14-/m0/s1. The molecular formula is C20H25FN2O5S. The summed E-state index contributed by atoms with van der Waals surface area (Å²) in [5.41, 5.74) is 1.01. The van der Waals surface area contributed by atoms with Crippen molar-refractivity contribution in [3.63, 3.8) is 0 Å². The molecule has 158 valence electrons. The van der Waals surface area contributed by atoms with Crippen LogP contribution in [0.25, 0.3) is 0 Å². The molecule has 0 spiro atoms. The Morgan fingerprint density at radius 2 is 1.83 bits per heavy atom. The lowest BCUT2D eigenvalue weighted by molar-refractivity contribution is -0.121. The van der Waals surface area contributed by atoms with E-state index in [2.05, 4.69) is 5.32 Å². The van der Waals surface area contributed by atoms with E-state index in [-0.39, 0.29) is 5.69 Å². The van der Waals surface area contributed by atoms with E-state index < -0.39 is 27.8 Å². The van der Waals surface area contributed by atoms with Crippen molar-refractivity contribution >= 4 is 21.6 Å². The maximum absolute atomic E-state index is 13.5. The molecule has 0 radical (unpaired) electrons. The number of rotatable bonds is 9. The third-order valence-electron chi connectivity index (χ3n) is 4.31. The second-order valence-corrected chi connectivity index (χ2v) is 8.30. The Hall–Kier alpha value is -2.81. The molecule has 0 aliphatic rings. The van der Waals surface area contributed by atoms with Crippen LogP contribution in [0.15, 0.2) is 42.5 Å². The molecular weight excluding hydrogens is 399 g/mol. The van der Waals surface area contributed by atoms with Gasteiger partial charge in [0.2, 0.25) is 15.9 Å². The number of hydrogen-bond acceptors (Lipinski definition) is 5. The SMILES string of the molecule is COc1ccc(CCNC(=O)[C@H](C)N(c2cccc(F)c2)S(C)(=O)=O)cc1OC. The van der Waals surface area contributed by atoms with Crippen LogP contribution in [0.1, 0.15) is 12.5 Å². The highest BCUT2D eigenvalue weighted by Crippen LogP contribution is 2.27. The summed E-state index contributed by atoms with van der Waals surface area (Å²) in [5.74, 6) is 0.115. The Morgan fingerprint density at radius 1 is 1.14 bits per heavy atom. The van der Waals surface area contributed by atoms with Gasteiger partial charge in [-0.25, -0.2) is 12.8 Å². The molecule has 2 aromatic rings. The first-order chi connectivity index (χ1) is 13.7. The maximum Gasteiger partial charge on any atom is 0.243 e. The number of nitrogens with zero attached hydrogens (tertiary/aromatic N) is 1. The molecule has 0 aromatic heterocycles. The van der Waals surface area contributed by atoms with Crippen molar-refractivity contribution in [3.05, 3.63) is 53.8 Å². The Morgan fingerprint density at radius 3 is 2.41 bits per heavy atom. The van der Waals surface area contributed by atoms with Crippen molar-refractivity contribution in [3.8, 4) is 11.5 Å². The minimum atomic E-state index is -3.80. The topological polar surface area (TPSA) is 84.9 Å². The molecule has 0 saturated carbocycles. The molecule has 1 N–H and O–H groups in total. The van der Waals surface area contributed by atoms with Crippen LogP contribution in [0.4, 0.5) is 10.1 Å². The minimum absolute atomic E-state index is 0.0926. The van der Waals surface area contributed by atoms with Gasteiger partial charge in [-0.05, 0) is 49.2 Å². The van der Waals surface area contributed by atoms with E-state index in [9.17, 15) is 17.6 Å². The summed E-state index contributed by atoms with van der Waals surface area (Å²) in [5, 5.41) is 2.72. The molecule has 0 unspecified atom stereocenters. The van der Waals surface area contributed by atoms with Crippen LogP contribution in [-0.4, -0.2) is 47.4 Å². The van der Waals surface area contributed by atoms with Crippen molar-refractivity contribution in [2.45, 2.75) is 19.4 Å². The van der Waals surface area contributed by atoms with Gasteiger partial charge in [0, 0.05) is 6.54 Å². The van der Waals surface area contributed by atoms with Crippen LogP contribution in [0.2, 0.25) is 0 Å². The van der Waals surface area contributed by atoms with Crippen LogP contribution >= 0.6 is 0 Å². The first-order valence-electron chi connectivity index (χ1n) is 8.91. The number of carbonyl (C=O) groups excluding carboxylic acids is 1. The molecule has 2 aromatic carbocycles. The predicted octanol–water partition coefficient (Wildman–Crippen LogP) is 2.36. The maximum atomic E-state index is 13.5. The van der Waals surface area contributed by atoms with Crippen LogP contribution in [0.3, 0.4) is 0 Å². The minimum Gasteiger partial charge on any atom is -0.493 e. The van der Waals surface area contributed by atoms with Gasteiger partial charge in [-0.2, -0.15) is 0 Å². The lowest BCUT2D eigenvalue weighted by atomic mass is 10.1. The second kappa shape index (κ2) is 9.60. The number of benzene rings is 2. The van der Waals surface area contributed by atoms with Gasteiger partial charge in [-0.1, -0.05) is 12.1 Å². The van der Waals surface area contributed by atoms with Gasteiger partial charge < -0.3 is 14.8 Å². The van der Waals surface area contributed by atoms with Crippen molar-refractivity contribution in [2.24, 2.45) is 0 Å². The van der Waals surface area contributed by atoms with Crippen LogP contribution in [0.5, 0.6) is 11.5 Å². The number of halogens is 1. The summed E-state index contributed by atoms with van der Waals surface area (Å²) in [6.45, 7) is 1.75. The number of sulfonamides is 1. The number of ether oxygens (including phenoxy) is 2. The van der Waals surface area contributed by atoms with Crippen molar-refractivity contribution in [2.75, 3.05) is 31.3 Å². The summed E-state index contributed by atoms with van der Waals surface area (Å²) < 4.78 is 49.3. The number of carbonyl (C=O) groups is 1. The van der Waals surface area contributed by atoms with Gasteiger partial charge >= 0.3 is 0 Å². The zero-order chi connectivity index (χ0) is 21.6. The van der Waals surface area contributed by atoms with Gasteiger partial charge in [-0.15, -0.1) is 0 Å². The highest BCUT2D eigenvalue weighted by molar-refractivity contribution is 7.92. The van der Waals surface area contributed by atoms with Gasteiger partial charge in [0.25, 0.3) is 0 Å². The smallest absolute Gasteiger partial charge is 0.243 e. The highest BCUT2D eigenvalue weighted by Gasteiger charge is 2.29. The number of methoxy groups -OCH3 is 2. The average molecular weight is 424 g/mol. The fourth-order valence-corrected chi connectivity index (χ4v) is 4.10. The molecule has 0 aliphatic heterocycles. The number of nitrogens with one attached hydrogen (secondary N) is 1. The van der Waals surface area contributed by atoms with Crippen molar-refractivity contribution in [1.29, 1.82) is 0 Å². The molecule has 9 heteroatoms. The molecule has 1 atom stereocenters. The number of amides is 1. The Bertz CT molecular complexity index is 965. The fraction of sp³-hybridized carbons (Fsp3) is 0.350. The largest absolute Gasteiger partial charge is 0.493 e. The first kappa shape index (κ1) is 22.5. The van der Waals surface area contributed by atoms with Gasteiger partial charge in [0.15, 0.2) is 11.5 Å². The molecule has 7 nitrogen and oxygen atoms in total. The normalized spacial score (nSPS) is 12.2. The van der Waals surface area contributed by atoms with E-state index >= 15 is 0 Å². The van der Waals surface area contributed by atoms with Crippen LogP contribution in [0, 0.1) is 5.82 Å². The lowest BCUT2D eigenvalue weighted by Crippen LogP contribution is -2.48. The fourth-order valence-electron chi connectivity index (χ4n) is 2.94.